The molecule has 5 nitrogen and oxygen atoms in total. The van der Waals surface area contributed by atoms with E-state index < -0.39 is 5.97 Å². The second-order valence-corrected chi connectivity index (χ2v) is 6.36. The summed E-state index contributed by atoms with van der Waals surface area (Å²) in [4.78, 5) is 23.8. The van der Waals surface area contributed by atoms with Gasteiger partial charge in [0.1, 0.15) is 16.3 Å². The molecule has 1 heterocycles. The van der Waals surface area contributed by atoms with Gasteiger partial charge in [-0.15, -0.1) is 11.3 Å². The molecule has 0 saturated carbocycles. The molecule has 132 valence electrons. The van der Waals surface area contributed by atoms with E-state index >= 15 is 0 Å². The number of carbonyl (C=O) groups is 2. The van der Waals surface area contributed by atoms with Gasteiger partial charge in [0, 0.05) is 10.9 Å². The van der Waals surface area contributed by atoms with E-state index in [2.05, 4.69) is 5.32 Å². The first-order chi connectivity index (χ1) is 12.6. The molecular weight excluding hydrogens is 350 g/mol. The molecular formula is C20H17NO4S. The van der Waals surface area contributed by atoms with Gasteiger partial charge in [-0.2, -0.15) is 0 Å². The van der Waals surface area contributed by atoms with Crippen molar-refractivity contribution in [1.29, 1.82) is 0 Å². The first-order valence-corrected chi connectivity index (χ1v) is 8.91. The van der Waals surface area contributed by atoms with Gasteiger partial charge in [0.25, 0.3) is 0 Å². The Morgan fingerprint density at radius 1 is 1.00 bits per heavy atom. The molecule has 0 spiro atoms. The lowest BCUT2D eigenvalue weighted by atomic mass is 10.0. The topological polar surface area (TPSA) is 75.6 Å². The predicted octanol–water partition coefficient (Wildman–Crippen LogP) is 4.52. The number of rotatable bonds is 7. The second kappa shape index (κ2) is 8.31. The van der Waals surface area contributed by atoms with Gasteiger partial charge in [-0.25, -0.2) is 4.79 Å². The number of hydrogen-bond acceptors (Lipinski definition) is 4. The Labute approximate surface area is 154 Å². The lowest BCUT2D eigenvalue weighted by Crippen LogP contribution is -2.16. The van der Waals surface area contributed by atoms with Gasteiger partial charge in [0.05, 0.1) is 13.0 Å². The average molecular weight is 367 g/mol. The van der Waals surface area contributed by atoms with E-state index in [-0.39, 0.29) is 24.5 Å². The lowest BCUT2D eigenvalue weighted by molar-refractivity contribution is -0.116. The van der Waals surface area contributed by atoms with Crippen molar-refractivity contribution >= 4 is 28.2 Å². The molecule has 6 heteroatoms. The molecule has 0 radical (unpaired) electrons. The van der Waals surface area contributed by atoms with Crippen LogP contribution in [0.2, 0.25) is 0 Å². The molecule has 1 amide bonds. The minimum atomic E-state index is -1.07. The van der Waals surface area contributed by atoms with E-state index in [9.17, 15) is 14.7 Å². The minimum Gasteiger partial charge on any atom is -0.493 e. The highest BCUT2D eigenvalue weighted by Crippen LogP contribution is 2.35. The number of carboxylic acids is 1. The van der Waals surface area contributed by atoms with E-state index in [4.69, 9.17) is 4.74 Å². The number of amides is 1. The van der Waals surface area contributed by atoms with E-state index in [0.29, 0.717) is 16.3 Å². The maximum atomic E-state index is 12.1. The summed E-state index contributed by atoms with van der Waals surface area (Å²) in [6, 6.07) is 18.4. The molecule has 0 aliphatic rings. The first kappa shape index (κ1) is 17.7. The summed E-state index contributed by atoms with van der Waals surface area (Å²) in [5, 5.41) is 14.3. The molecule has 0 bridgehead atoms. The smallest absolute Gasteiger partial charge is 0.339 e. The van der Waals surface area contributed by atoms with Gasteiger partial charge in [-0.3, -0.25) is 4.79 Å². The summed E-state index contributed by atoms with van der Waals surface area (Å²) >= 11 is 1.20. The van der Waals surface area contributed by atoms with Gasteiger partial charge in [-0.05, 0) is 17.7 Å². The van der Waals surface area contributed by atoms with Crippen LogP contribution in [0.25, 0.3) is 11.1 Å². The quantitative estimate of drug-likeness (QED) is 0.644. The summed E-state index contributed by atoms with van der Waals surface area (Å²) in [6.45, 7) is 0.217. The second-order valence-electron chi connectivity index (χ2n) is 5.48. The summed E-state index contributed by atoms with van der Waals surface area (Å²) in [5.41, 5.74) is 1.51. The zero-order valence-electron chi connectivity index (χ0n) is 13.8. The fourth-order valence-corrected chi connectivity index (χ4v) is 3.44. The van der Waals surface area contributed by atoms with Crippen molar-refractivity contribution in [3.05, 3.63) is 71.6 Å². The highest BCUT2D eigenvalue weighted by molar-refractivity contribution is 7.15. The number of para-hydroxylation sites is 1. The van der Waals surface area contributed by atoms with Crippen LogP contribution in [0.5, 0.6) is 5.75 Å². The maximum absolute atomic E-state index is 12.1. The fourth-order valence-electron chi connectivity index (χ4n) is 2.46. The average Bonchev–Trinajstić information content (AvgIpc) is 3.07. The molecule has 0 aliphatic heterocycles. The van der Waals surface area contributed by atoms with Crippen molar-refractivity contribution < 1.29 is 19.4 Å². The molecule has 0 aliphatic carbocycles. The number of carbonyl (C=O) groups excluding carboxylic acids is 1. The first-order valence-electron chi connectivity index (χ1n) is 8.03. The Bertz CT molecular complexity index is 891. The van der Waals surface area contributed by atoms with Crippen LogP contribution in [0.3, 0.4) is 0 Å². The fraction of sp³-hybridized carbons (Fsp3) is 0.100. The largest absolute Gasteiger partial charge is 0.493 e. The van der Waals surface area contributed by atoms with Crippen LogP contribution in [-0.4, -0.2) is 23.6 Å². The highest BCUT2D eigenvalue weighted by atomic mass is 32.1. The SMILES string of the molecule is O=C(CCOc1ccccc1)Nc1scc(-c2ccccc2)c1C(=O)O. The molecule has 0 fully saturated rings. The van der Waals surface area contributed by atoms with Crippen LogP contribution in [0.1, 0.15) is 16.8 Å². The van der Waals surface area contributed by atoms with Gasteiger partial charge >= 0.3 is 5.97 Å². The van der Waals surface area contributed by atoms with Crippen molar-refractivity contribution in [3.63, 3.8) is 0 Å². The van der Waals surface area contributed by atoms with Crippen LogP contribution in [0.15, 0.2) is 66.0 Å². The predicted molar refractivity (Wildman–Crippen MR) is 102 cm³/mol. The Kier molecular flexibility index (Phi) is 5.66. The third-order valence-corrected chi connectivity index (χ3v) is 4.58. The number of hydrogen-bond donors (Lipinski definition) is 2. The van der Waals surface area contributed by atoms with E-state index in [1.807, 2.05) is 60.7 Å². The van der Waals surface area contributed by atoms with Gasteiger partial charge < -0.3 is 15.2 Å². The third kappa shape index (κ3) is 4.29. The molecule has 0 unspecified atom stereocenters. The molecule has 3 aromatic rings. The van der Waals surface area contributed by atoms with Gasteiger partial charge in [-0.1, -0.05) is 48.5 Å². The van der Waals surface area contributed by atoms with Crippen molar-refractivity contribution in [1.82, 2.24) is 0 Å². The van der Waals surface area contributed by atoms with Crippen LogP contribution in [-0.2, 0) is 4.79 Å². The Hall–Kier alpha value is -3.12. The molecule has 0 saturated heterocycles. The number of thiophene rings is 1. The van der Waals surface area contributed by atoms with Crippen LogP contribution < -0.4 is 10.1 Å². The van der Waals surface area contributed by atoms with E-state index in [0.717, 1.165) is 5.56 Å². The van der Waals surface area contributed by atoms with E-state index in [1.54, 1.807) is 5.38 Å². The van der Waals surface area contributed by atoms with Crippen molar-refractivity contribution in [2.45, 2.75) is 6.42 Å². The number of ether oxygens (including phenoxy) is 1. The highest BCUT2D eigenvalue weighted by Gasteiger charge is 2.20. The Morgan fingerprint density at radius 2 is 1.65 bits per heavy atom. The summed E-state index contributed by atoms with van der Waals surface area (Å²) in [6.07, 6.45) is 0.131. The normalized spacial score (nSPS) is 10.3. The standard InChI is InChI=1S/C20H17NO4S/c22-17(11-12-25-15-9-5-2-6-10-15)21-19-18(20(23)24)16(13-26-19)14-7-3-1-4-8-14/h1-10,13H,11-12H2,(H,21,22)(H,23,24). The minimum absolute atomic E-state index is 0.110. The molecule has 2 N–H and O–H groups in total. The molecule has 26 heavy (non-hydrogen) atoms. The molecule has 0 atom stereocenters. The molecule has 1 aromatic heterocycles. The van der Waals surface area contributed by atoms with Crippen LogP contribution >= 0.6 is 11.3 Å². The zero-order valence-corrected chi connectivity index (χ0v) is 14.7. The number of nitrogens with one attached hydrogen (secondary N) is 1. The number of anilines is 1. The number of aromatic carboxylic acids is 1. The molecule has 2 aromatic carbocycles. The van der Waals surface area contributed by atoms with Crippen molar-refractivity contribution in [3.8, 4) is 16.9 Å². The van der Waals surface area contributed by atoms with Crippen molar-refractivity contribution in [2.24, 2.45) is 0 Å². The number of carboxylic acid groups (broad SMARTS) is 1. The lowest BCUT2D eigenvalue weighted by Gasteiger charge is -2.07. The Morgan fingerprint density at radius 3 is 2.31 bits per heavy atom. The third-order valence-electron chi connectivity index (χ3n) is 3.68. The number of benzene rings is 2. The maximum Gasteiger partial charge on any atom is 0.339 e. The van der Waals surface area contributed by atoms with Crippen LogP contribution in [0, 0.1) is 0 Å². The Balaban J connectivity index is 1.66. The van der Waals surface area contributed by atoms with Crippen molar-refractivity contribution in [2.75, 3.05) is 11.9 Å². The van der Waals surface area contributed by atoms with Gasteiger partial charge in [0.15, 0.2) is 0 Å². The monoisotopic (exact) mass is 367 g/mol. The summed E-state index contributed by atoms with van der Waals surface area (Å²) < 4.78 is 5.49. The summed E-state index contributed by atoms with van der Waals surface area (Å²) in [7, 11) is 0. The summed E-state index contributed by atoms with van der Waals surface area (Å²) in [5.74, 6) is -0.667. The van der Waals surface area contributed by atoms with Gasteiger partial charge in [0.2, 0.25) is 5.91 Å². The zero-order chi connectivity index (χ0) is 18.4. The van der Waals surface area contributed by atoms with Crippen LogP contribution in [0.4, 0.5) is 5.00 Å². The molecule has 3 rings (SSSR count). The van der Waals surface area contributed by atoms with E-state index in [1.165, 1.54) is 11.3 Å².